The molecule has 0 radical (unpaired) electrons. The highest BCUT2D eigenvalue weighted by atomic mass is 16.5. The van der Waals surface area contributed by atoms with E-state index in [2.05, 4.69) is 17.6 Å². The molecule has 4 heteroatoms. The number of rotatable bonds is 3. The number of nitrogens with one attached hydrogen (secondary N) is 2. The first kappa shape index (κ1) is 11.9. The molecule has 0 spiro atoms. The lowest BCUT2D eigenvalue weighted by atomic mass is 9.91. The van der Waals surface area contributed by atoms with Crippen molar-refractivity contribution in [1.29, 1.82) is 0 Å². The average molecular weight is 226 g/mol. The van der Waals surface area contributed by atoms with Gasteiger partial charge in [-0.2, -0.15) is 0 Å². The zero-order valence-corrected chi connectivity index (χ0v) is 10.00. The highest BCUT2D eigenvalue weighted by Gasteiger charge is 2.27. The first-order valence-corrected chi connectivity index (χ1v) is 6.36. The predicted octanol–water partition coefficient (Wildman–Crippen LogP) is 0.527. The summed E-state index contributed by atoms with van der Waals surface area (Å²) in [6.45, 7) is 5.63. The van der Waals surface area contributed by atoms with Gasteiger partial charge < -0.3 is 15.4 Å². The second-order valence-corrected chi connectivity index (χ2v) is 4.95. The molecular formula is C12H22N2O2. The van der Waals surface area contributed by atoms with E-state index in [1.165, 1.54) is 12.8 Å². The van der Waals surface area contributed by atoms with Gasteiger partial charge in [-0.05, 0) is 45.2 Å². The van der Waals surface area contributed by atoms with Crippen LogP contribution in [-0.4, -0.2) is 38.3 Å². The number of hydrogen-bond donors (Lipinski definition) is 2. The third-order valence-electron chi connectivity index (χ3n) is 3.76. The van der Waals surface area contributed by atoms with Crippen LogP contribution in [0.1, 0.15) is 26.2 Å². The lowest BCUT2D eigenvalue weighted by Gasteiger charge is -2.29. The van der Waals surface area contributed by atoms with Crippen molar-refractivity contribution in [3.05, 3.63) is 0 Å². The third-order valence-corrected chi connectivity index (χ3v) is 3.76. The van der Waals surface area contributed by atoms with Crippen LogP contribution in [0.4, 0.5) is 0 Å². The molecule has 2 aliphatic rings. The molecule has 92 valence electrons. The minimum absolute atomic E-state index is 0.0872. The molecule has 0 bridgehead atoms. The summed E-state index contributed by atoms with van der Waals surface area (Å²) in [6, 6.07) is 0.301. The molecular weight excluding hydrogens is 204 g/mol. The fourth-order valence-electron chi connectivity index (χ4n) is 2.55. The van der Waals surface area contributed by atoms with Crippen LogP contribution in [0.5, 0.6) is 0 Å². The standard InChI is InChI=1S/C12H22N2O2/c1-9(10-2-5-13-6-3-10)14-12(15)11-4-7-16-8-11/h9-11,13H,2-8H2,1H3,(H,14,15). The van der Waals surface area contributed by atoms with Gasteiger partial charge in [-0.3, -0.25) is 4.79 Å². The quantitative estimate of drug-likeness (QED) is 0.738. The molecule has 2 aliphatic heterocycles. The van der Waals surface area contributed by atoms with Crippen molar-refractivity contribution in [1.82, 2.24) is 10.6 Å². The van der Waals surface area contributed by atoms with Crippen LogP contribution in [0.3, 0.4) is 0 Å². The van der Waals surface area contributed by atoms with Crippen LogP contribution in [0.15, 0.2) is 0 Å². The van der Waals surface area contributed by atoms with E-state index >= 15 is 0 Å². The number of carbonyl (C=O) groups excluding carboxylic acids is 1. The molecule has 1 amide bonds. The van der Waals surface area contributed by atoms with Crippen molar-refractivity contribution in [2.75, 3.05) is 26.3 Å². The molecule has 16 heavy (non-hydrogen) atoms. The molecule has 0 saturated carbocycles. The maximum absolute atomic E-state index is 11.9. The van der Waals surface area contributed by atoms with Crippen molar-refractivity contribution in [2.24, 2.45) is 11.8 Å². The zero-order valence-electron chi connectivity index (χ0n) is 10.00. The largest absolute Gasteiger partial charge is 0.381 e. The van der Waals surface area contributed by atoms with E-state index in [-0.39, 0.29) is 11.8 Å². The smallest absolute Gasteiger partial charge is 0.225 e. The number of hydrogen-bond acceptors (Lipinski definition) is 3. The Labute approximate surface area is 97.1 Å². The van der Waals surface area contributed by atoms with E-state index in [1.54, 1.807) is 0 Å². The van der Waals surface area contributed by atoms with Gasteiger partial charge in [-0.15, -0.1) is 0 Å². The Bertz CT molecular complexity index is 233. The molecule has 2 heterocycles. The summed E-state index contributed by atoms with van der Waals surface area (Å²) < 4.78 is 5.23. The monoisotopic (exact) mass is 226 g/mol. The van der Waals surface area contributed by atoms with Crippen LogP contribution in [0.2, 0.25) is 0 Å². The van der Waals surface area contributed by atoms with E-state index in [4.69, 9.17) is 4.74 Å². The summed E-state index contributed by atoms with van der Waals surface area (Å²) in [5, 5.41) is 6.49. The fraction of sp³-hybridized carbons (Fsp3) is 0.917. The van der Waals surface area contributed by atoms with Crippen molar-refractivity contribution in [3.63, 3.8) is 0 Å². The van der Waals surface area contributed by atoms with Crippen LogP contribution >= 0.6 is 0 Å². The third kappa shape index (κ3) is 2.95. The SMILES string of the molecule is CC(NC(=O)C1CCOC1)C1CCNCC1. The Hall–Kier alpha value is -0.610. The topological polar surface area (TPSA) is 50.4 Å². The van der Waals surface area contributed by atoms with Crippen LogP contribution in [-0.2, 0) is 9.53 Å². The summed E-state index contributed by atoms with van der Waals surface area (Å²) >= 11 is 0. The Kier molecular flexibility index (Phi) is 4.18. The number of carbonyl (C=O) groups is 1. The van der Waals surface area contributed by atoms with Crippen molar-refractivity contribution >= 4 is 5.91 Å². The van der Waals surface area contributed by atoms with E-state index in [0.717, 1.165) is 26.1 Å². The van der Waals surface area contributed by atoms with E-state index in [1.807, 2.05) is 0 Å². The lowest BCUT2D eigenvalue weighted by Crippen LogP contribution is -2.44. The predicted molar refractivity (Wildman–Crippen MR) is 62.1 cm³/mol. The van der Waals surface area contributed by atoms with Crippen molar-refractivity contribution < 1.29 is 9.53 Å². The van der Waals surface area contributed by atoms with Gasteiger partial charge in [0.1, 0.15) is 0 Å². The second kappa shape index (κ2) is 5.64. The highest BCUT2D eigenvalue weighted by Crippen LogP contribution is 2.18. The Balaban J connectivity index is 1.76. The molecule has 2 unspecified atom stereocenters. The lowest BCUT2D eigenvalue weighted by molar-refractivity contribution is -0.126. The molecule has 0 aromatic heterocycles. The summed E-state index contributed by atoms with van der Waals surface area (Å²) in [5.41, 5.74) is 0. The Morgan fingerprint density at radius 1 is 1.38 bits per heavy atom. The number of amides is 1. The van der Waals surface area contributed by atoms with Gasteiger partial charge in [-0.1, -0.05) is 0 Å². The zero-order chi connectivity index (χ0) is 11.4. The second-order valence-electron chi connectivity index (χ2n) is 4.95. The van der Waals surface area contributed by atoms with Gasteiger partial charge in [-0.25, -0.2) is 0 Å². The van der Waals surface area contributed by atoms with Gasteiger partial charge in [0, 0.05) is 12.6 Å². The van der Waals surface area contributed by atoms with Gasteiger partial charge in [0.2, 0.25) is 5.91 Å². The average Bonchev–Trinajstić information content (AvgIpc) is 2.83. The molecule has 2 saturated heterocycles. The van der Waals surface area contributed by atoms with Crippen LogP contribution in [0.25, 0.3) is 0 Å². The first-order valence-electron chi connectivity index (χ1n) is 6.36. The Morgan fingerprint density at radius 3 is 2.75 bits per heavy atom. The summed E-state index contributed by atoms with van der Waals surface area (Å²) in [7, 11) is 0. The van der Waals surface area contributed by atoms with Gasteiger partial charge in [0.05, 0.1) is 12.5 Å². The normalized spacial score (nSPS) is 28.9. The maximum Gasteiger partial charge on any atom is 0.225 e. The summed E-state index contributed by atoms with van der Waals surface area (Å²) in [6.07, 6.45) is 3.22. The van der Waals surface area contributed by atoms with Crippen molar-refractivity contribution in [3.8, 4) is 0 Å². The number of ether oxygens (including phenoxy) is 1. The maximum atomic E-state index is 11.9. The van der Waals surface area contributed by atoms with E-state index < -0.39 is 0 Å². The van der Waals surface area contributed by atoms with E-state index in [9.17, 15) is 4.79 Å². The van der Waals surface area contributed by atoms with Crippen LogP contribution < -0.4 is 10.6 Å². The highest BCUT2D eigenvalue weighted by molar-refractivity contribution is 5.79. The number of piperidine rings is 1. The molecule has 0 aliphatic carbocycles. The molecule has 2 rings (SSSR count). The van der Waals surface area contributed by atoms with Crippen LogP contribution in [0, 0.1) is 11.8 Å². The molecule has 2 N–H and O–H groups in total. The molecule has 0 aromatic carbocycles. The van der Waals surface area contributed by atoms with Gasteiger partial charge in [0.25, 0.3) is 0 Å². The summed E-state index contributed by atoms with van der Waals surface area (Å²) in [4.78, 5) is 11.9. The molecule has 0 aromatic rings. The van der Waals surface area contributed by atoms with Gasteiger partial charge in [0.15, 0.2) is 0 Å². The molecule has 2 fully saturated rings. The minimum atomic E-state index is 0.0872. The fourth-order valence-corrected chi connectivity index (χ4v) is 2.55. The molecule has 2 atom stereocenters. The summed E-state index contributed by atoms with van der Waals surface area (Å²) in [5.74, 6) is 0.903. The minimum Gasteiger partial charge on any atom is -0.381 e. The molecule has 4 nitrogen and oxygen atoms in total. The Morgan fingerprint density at radius 2 is 2.12 bits per heavy atom. The van der Waals surface area contributed by atoms with E-state index in [0.29, 0.717) is 18.6 Å². The first-order chi connectivity index (χ1) is 7.77. The van der Waals surface area contributed by atoms with Crippen molar-refractivity contribution in [2.45, 2.75) is 32.2 Å². The van der Waals surface area contributed by atoms with Gasteiger partial charge >= 0.3 is 0 Å².